The zero-order chi connectivity index (χ0) is 15.4. The number of carboxylic acids is 1. The Hall–Kier alpha value is -1.89. The molecule has 0 unspecified atom stereocenters. The first kappa shape index (κ1) is 15.5. The van der Waals surface area contributed by atoms with Gasteiger partial charge in [-0.25, -0.2) is 4.79 Å². The number of hydrogen-bond donors (Lipinski definition) is 2. The highest BCUT2D eigenvalue weighted by atomic mass is 127. The Bertz CT molecular complexity index is 670. The maximum absolute atomic E-state index is 12.3. The Labute approximate surface area is 136 Å². The van der Waals surface area contributed by atoms with Gasteiger partial charge in [-0.15, -0.1) is 0 Å². The van der Waals surface area contributed by atoms with Crippen molar-refractivity contribution in [2.24, 2.45) is 0 Å². The summed E-state index contributed by atoms with van der Waals surface area (Å²) in [4.78, 5) is 23.7. The zero-order valence-electron chi connectivity index (χ0n) is 11.3. The lowest BCUT2D eigenvalue weighted by molar-refractivity contribution is -0.139. The van der Waals surface area contributed by atoms with Crippen LogP contribution in [0.1, 0.15) is 27.5 Å². The predicted molar refractivity (Wildman–Crippen MR) is 88.2 cm³/mol. The Kier molecular flexibility index (Phi) is 4.95. The first-order valence-corrected chi connectivity index (χ1v) is 7.42. The topological polar surface area (TPSA) is 66.4 Å². The summed E-state index contributed by atoms with van der Waals surface area (Å²) in [7, 11) is 0. The Morgan fingerprint density at radius 2 is 1.76 bits per heavy atom. The molecule has 0 aliphatic rings. The van der Waals surface area contributed by atoms with Crippen LogP contribution >= 0.6 is 22.6 Å². The van der Waals surface area contributed by atoms with Crippen molar-refractivity contribution >= 4 is 34.5 Å². The SMILES string of the molecule is Cc1cccc(C(=O)N[C@H](C(=O)O)c2ccccc2)c1I. The standard InChI is InChI=1S/C16H14INO3/c1-10-6-5-9-12(13(10)17)15(19)18-14(16(20)21)11-7-3-2-4-8-11/h2-9,14H,1H3,(H,18,19)(H,20,21)/t14-/m0/s1. The molecule has 0 aliphatic heterocycles. The molecule has 2 N–H and O–H groups in total. The van der Waals surface area contributed by atoms with E-state index in [0.29, 0.717) is 11.1 Å². The molecule has 0 bridgehead atoms. The number of aliphatic carboxylic acids is 1. The first-order valence-electron chi connectivity index (χ1n) is 6.34. The number of carbonyl (C=O) groups excluding carboxylic acids is 1. The molecule has 0 fully saturated rings. The molecule has 0 aliphatic carbocycles. The van der Waals surface area contributed by atoms with Crippen LogP contribution in [0.3, 0.4) is 0 Å². The molecule has 4 nitrogen and oxygen atoms in total. The number of aryl methyl sites for hydroxylation is 1. The van der Waals surface area contributed by atoms with Gasteiger partial charge in [0.15, 0.2) is 6.04 Å². The van der Waals surface area contributed by atoms with Crippen LogP contribution < -0.4 is 5.32 Å². The van der Waals surface area contributed by atoms with Gasteiger partial charge < -0.3 is 10.4 Å². The number of hydrogen-bond acceptors (Lipinski definition) is 2. The summed E-state index contributed by atoms with van der Waals surface area (Å²) in [6, 6.07) is 13.0. The van der Waals surface area contributed by atoms with Crippen molar-refractivity contribution in [3.8, 4) is 0 Å². The third-order valence-electron chi connectivity index (χ3n) is 3.09. The monoisotopic (exact) mass is 395 g/mol. The quantitative estimate of drug-likeness (QED) is 0.782. The van der Waals surface area contributed by atoms with Crippen molar-refractivity contribution in [3.05, 3.63) is 68.8 Å². The molecule has 0 spiro atoms. The normalized spacial score (nSPS) is 11.7. The second-order valence-corrected chi connectivity index (χ2v) is 5.67. The molecule has 1 amide bonds. The number of benzene rings is 2. The second-order valence-electron chi connectivity index (χ2n) is 4.59. The summed E-state index contributed by atoms with van der Waals surface area (Å²) in [5, 5.41) is 11.9. The number of amides is 1. The Morgan fingerprint density at radius 3 is 2.38 bits per heavy atom. The predicted octanol–water partition coefficient (Wildman–Crippen LogP) is 3.16. The molecule has 0 radical (unpaired) electrons. The minimum absolute atomic E-state index is 0.389. The largest absolute Gasteiger partial charge is 0.479 e. The summed E-state index contributed by atoms with van der Waals surface area (Å²) < 4.78 is 0.824. The fraction of sp³-hybridized carbons (Fsp3) is 0.125. The van der Waals surface area contributed by atoms with Gasteiger partial charge in [0.05, 0.1) is 5.56 Å². The van der Waals surface area contributed by atoms with Crippen LogP contribution in [-0.4, -0.2) is 17.0 Å². The molecule has 1 atom stereocenters. The molecule has 0 heterocycles. The van der Waals surface area contributed by atoms with Gasteiger partial charge in [-0.05, 0) is 46.7 Å². The lowest BCUT2D eigenvalue weighted by Crippen LogP contribution is -2.34. The molecule has 2 aromatic rings. The van der Waals surface area contributed by atoms with E-state index in [1.807, 2.05) is 13.0 Å². The molecule has 108 valence electrons. The van der Waals surface area contributed by atoms with Crippen LogP contribution in [0.5, 0.6) is 0 Å². The third-order valence-corrected chi connectivity index (χ3v) is 4.52. The summed E-state index contributed by atoms with van der Waals surface area (Å²) in [6.45, 7) is 1.91. The summed E-state index contributed by atoms with van der Waals surface area (Å²) >= 11 is 2.09. The van der Waals surface area contributed by atoms with Crippen molar-refractivity contribution in [2.75, 3.05) is 0 Å². The molecule has 0 saturated heterocycles. The van der Waals surface area contributed by atoms with Crippen molar-refractivity contribution < 1.29 is 14.7 Å². The molecular weight excluding hydrogens is 381 g/mol. The van der Waals surface area contributed by atoms with Gasteiger partial charge in [-0.1, -0.05) is 42.5 Å². The highest BCUT2D eigenvalue weighted by molar-refractivity contribution is 14.1. The van der Waals surface area contributed by atoms with Gasteiger partial charge in [0.1, 0.15) is 0 Å². The van der Waals surface area contributed by atoms with Crippen molar-refractivity contribution in [1.82, 2.24) is 5.32 Å². The van der Waals surface area contributed by atoms with Gasteiger partial charge in [0.25, 0.3) is 5.91 Å². The van der Waals surface area contributed by atoms with E-state index in [2.05, 4.69) is 27.9 Å². The summed E-state index contributed by atoms with van der Waals surface area (Å²) in [5.41, 5.74) is 2.01. The fourth-order valence-electron chi connectivity index (χ4n) is 1.96. The van der Waals surface area contributed by atoms with Crippen LogP contribution in [0.15, 0.2) is 48.5 Å². The first-order chi connectivity index (χ1) is 10.0. The maximum Gasteiger partial charge on any atom is 0.330 e. The van der Waals surface area contributed by atoms with Crippen molar-refractivity contribution in [3.63, 3.8) is 0 Å². The van der Waals surface area contributed by atoms with Crippen LogP contribution in [0, 0.1) is 10.5 Å². The minimum atomic E-state index is -1.09. The highest BCUT2D eigenvalue weighted by Crippen LogP contribution is 2.19. The van der Waals surface area contributed by atoms with E-state index in [4.69, 9.17) is 0 Å². The smallest absolute Gasteiger partial charge is 0.330 e. The summed E-state index contributed by atoms with van der Waals surface area (Å²) in [5.74, 6) is -1.48. The Morgan fingerprint density at radius 1 is 1.10 bits per heavy atom. The third kappa shape index (κ3) is 3.60. The molecule has 5 heteroatoms. The van der Waals surface area contributed by atoms with Crippen LogP contribution in [0.4, 0.5) is 0 Å². The van der Waals surface area contributed by atoms with Crippen LogP contribution in [0.25, 0.3) is 0 Å². The highest BCUT2D eigenvalue weighted by Gasteiger charge is 2.23. The van der Waals surface area contributed by atoms with E-state index in [9.17, 15) is 14.7 Å². The number of nitrogens with one attached hydrogen (secondary N) is 1. The van der Waals surface area contributed by atoms with E-state index in [0.717, 1.165) is 9.13 Å². The van der Waals surface area contributed by atoms with Crippen LogP contribution in [-0.2, 0) is 4.79 Å². The maximum atomic E-state index is 12.3. The molecular formula is C16H14INO3. The number of halogens is 1. The molecule has 0 aromatic heterocycles. The van der Waals surface area contributed by atoms with Crippen molar-refractivity contribution in [2.45, 2.75) is 13.0 Å². The number of carbonyl (C=O) groups is 2. The summed E-state index contributed by atoms with van der Waals surface area (Å²) in [6.07, 6.45) is 0. The van der Waals surface area contributed by atoms with Crippen molar-refractivity contribution in [1.29, 1.82) is 0 Å². The lowest BCUT2D eigenvalue weighted by Gasteiger charge is -2.16. The van der Waals surface area contributed by atoms with Gasteiger partial charge in [0, 0.05) is 3.57 Å². The van der Waals surface area contributed by atoms with Gasteiger partial charge in [0.2, 0.25) is 0 Å². The molecule has 0 saturated carbocycles. The van der Waals surface area contributed by atoms with Crippen LogP contribution in [0.2, 0.25) is 0 Å². The van der Waals surface area contributed by atoms with E-state index in [-0.39, 0.29) is 5.91 Å². The van der Waals surface area contributed by atoms with Gasteiger partial charge in [-0.2, -0.15) is 0 Å². The van der Waals surface area contributed by atoms with Gasteiger partial charge >= 0.3 is 5.97 Å². The minimum Gasteiger partial charge on any atom is -0.479 e. The van der Waals surface area contributed by atoms with E-state index in [1.54, 1.807) is 42.5 Å². The lowest BCUT2D eigenvalue weighted by atomic mass is 10.1. The van der Waals surface area contributed by atoms with E-state index < -0.39 is 12.0 Å². The van der Waals surface area contributed by atoms with E-state index in [1.165, 1.54) is 0 Å². The average Bonchev–Trinajstić information content (AvgIpc) is 2.48. The number of carboxylic acid groups (broad SMARTS) is 1. The fourth-order valence-corrected chi connectivity index (χ4v) is 2.57. The van der Waals surface area contributed by atoms with E-state index >= 15 is 0 Å². The zero-order valence-corrected chi connectivity index (χ0v) is 13.5. The Balaban J connectivity index is 2.28. The molecule has 21 heavy (non-hydrogen) atoms. The molecule has 2 rings (SSSR count). The van der Waals surface area contributed by atoms with Gasteiger partial charge in [-0.3, -0.25) is 4.79 Å². The number of rotatable bonds is 4. The molecule has 2 aromatic carbocycles. The average molecular weight is 395 g/mol. The second kappa shape index (κ2) is 6.71.